The molecule has 2 nitrogen and oxygen atoms in total. The van der Waals surface area contributed by atoms with Crippen LogP contribution in [0.4, 0.5) is 0 Å². The number of rotatable bonds is 6. The van der Waals surface area contributed by atoms with Gasteiger partial charge in [-0.2, -0.15) is 0 Å². The van der Waals surface area contributed by atoms with E-state index in [-0.39, 0.29) is 16.9 Å². The van der Waals surface area contributed by atoms with Crippen LogP contribution in [0.1, 0.15) is 53.9 Å². The topological polar surface area (TPSA) is 26.3 Å². The quantitative estimate of drug-likeness (QED) is 0.656. The van der Waals surface area contributed by atoms with E-state index in [2.05, 4.69) is 40.8 Å². The monoisotopic (exact) mass is 244 g/mol. The third-order valence-corrected chi connectivity index (χ3v) is 8.05. The van der Waals surface area contributed by atoms with Gasteiger partial charge in [0, 0.05) is 12.5 Å². The molecule has 0 aromatic rings. The zero-order valence-electron chi connectivity index (χ0n) is 12.0. The lowest BCUT2D eigenvalue weighted by Crippen LogP contribution is -2.43. The van der Waals surface area contributed by atoms with Gasteiger partial charge in [0.05, 0.1) is 0 Å². The van der Waals surface area contributed by atoms with Gasteiger partial charge in [0.1, 0.15) is 5.78 Å². The second kappa shape index (κ2) is 5.96. The van der Waals surface area contributed by atoms with Gasteiger partial charge in [-0.1, -0.05) is 20.8 Å². The van der Waals surface area contributed by atoms with Gasteiger partial charge in [-0.15, -0.1) is 0 Å². The fourth-order valence-electron chi connectivity index (χ4n) is 1.38. The van der Waals surface area contributed by atoms with E-state index in [9.17, 15) is 4.79 Å². The minimum absolute atomic E-state index is 0.266. The molecular weight excluding hydrogens is 216 g/mol. The summed E-state index contributed by atoms with van der Waals surface area (Å²) in [6.45, 7) is 15.1. The summed E-state index contributed by atoms with van der Waals surface area (Å²) < 4.78 is 6.21. The van der Waals surface area contributed by atoms with Gasteiger partial charge in [0.25, 0.3) is 0 Å². The average Bonchev–Trinajstić information content (AvgIpc) is 1.99. The van der Waals surface area contributed by atoms with Crippen molar-refractivity contribution in [1.29, 1.82) is 0 Å². The van der Waals surface area contributed by atoms with E-state index in [1.165, 1.54) is 0 Å². The molecule has 96 valence electrons. The maximum atomic E-state index is 10.8. The molecule has 0 unspecified atom stereocenters. The Hall–Kier alpha value is -0.153. The molecule has 0 fully saturated rings. The minimum atomic E-state index is -1.63. The third-order valence-electron chi connectivity index (χ3n) is 3.44. The number of ketones is 1. The Bertz CT molecular complexity index is 229. The zero-order chi connectivity index (χ0) is 13.0. The van der Waals surface area contributed by atoms with Crippen molar-refractivity contribution >= 4 is 14.1 Å². The fourth-order valence-corrected chi connectivity index (χ4v) is 2.85. The molecule has 0 aromatic heterocycles. The summed E-state index contributed by atoms with van der Waals surface area (Å²) in [5.74, 6) is 0.277. The van der Waals surface area contributed by atoms with E-state index >= 15 is 0 Å². The molecule has 0 aromatic carbocycles. The van der Waals surface area contributed by atoms with Crippen molar-refractivity contribution in [3.05, 3.63) is 0 Å². The van der Waals surface area contributed by atoms with Crippen molar-refractivity contribution in [3.8, 4) is 0 Å². The Kier molecular flexibility index (Phi) is 5.91. The summed E-state index contributed by atoms with van der Waals surface area (Å²) in [7, 11) is -1.63. The van der Waals surface area contributed by atoms with Gasteiger partial charge < -0.3 is 9.22 Å². The lowest BCUT2D eigenvalue weighted by Gasteiger charge is -2.38. The van der Waals surface area contributed by atoms with Gasteiger partial charge in [-0.25, -0.2) is 0 Å². The molecule has 3 heteroatoms. The van der Waals surface area contributed by atoms with E-state index in [1.54, 1.807) is 6.92 Å². The number of Topliss-reactive ketones (excluding diaryl/α,β-unsaturated/α-hetero) is 1. The summed E-state index contributed by atoms with van der Waals surface area (Å²) >= 11 is 0. The Labute approximate surface area is 102 Å². The number of hydrogen-bond donors (Lipinski definition) is 0. The van der Waals surface area contributed by atoms with Gasteiger partial charge in [0.15, 0.2) is 8.32 Å². The highest BCUT2D eigenvalue weighted by molar-refractivity contribution is 6.74. The van der Waals surface area contributed by atoms with Crippen molar-refractivity contribution in [3.63, 3.8) is 0 Å². The van der Waals surface area contributed by atoms with Crippen molar-refractivity contribution in [2.24, 2.45) is 0 Å². The van der Waals surface area contributed by atoms with Crippen LogP contribution in [-0.2, 0) is 9.22 Å². The molecule has 0 saturated heterocycles. The first kappa shape index (κ1) is 15.8. The maximum Gasteiger partial charge on any atom is 0.192 e. The van der Waals surface area contributed by atoms with Crippen LogP contribution in [0.2, 0.25) is 18.1 Å². The van der Waals surface area contributed by atoms with Gasteiger partial charge >= 0.3 is 0 Å². The normalized spacial score (nSPS) is 14.9. The highest BCUT2D eigenvalue weighted by atomic mass is 28.4. The van der Waals surface area contributed by atoms with Gasteiger partial charge in [-0.3, -0.25) is 0 Å². The minimum Gasteiger partial charge on any atom is -0.414 e. The SMILES string of the molecule is CC(=O)CCC[C@H](C)O[Si](C)(C)C(C)(C)C. The van der Waals surface area contributed by atoms with E-state index < -0.39 is 8.32 Å². The Morgan fingerprint density at radius 2 is 1.81 bits per heavy atom. The summed E-state index contributed by atoms with van der Waals surface area (Å²) in [4.78, 5) is 10.8. The van der Waals surface area contributed by atoms with E-state index in [0.717, 1.165) is 12.8 Å². The first-order chi connectivity index (χ1) is 7.06. The zero-order valence-corrected chi connectivity index (χ0v) is 13.0. The molecule has 0 bridgehead atoms. The first-order valence-electron chi connectivity index (χ1n) is 6.23. The van der Waals surface area contributed by atoms with Gasteiger partial charge in [0.2, 0.25) is 0 Å². The Morgan fingerprint density at radius 3 is 2.19 bits per heavy atom. The number of hydrogen-bond acceptors (Lipinski definition) is 2. The van der Waals surface area contributed by atoms with Crippen molar-refractivity contribution in [1.82, 2.24) is 0 Å². The van der Waals surface area contributed by atoms with Crippen LogP contribution in [0.5, 0.6) is 0 Å². The molecule has 0 saturated carbocycles. The second-order valence-corrected chi connectivity index (χ2v) is 11.0. The van der Waals surface area contributed by atoms with Crippen LogP contribution in [0.25, 0.3) is 0 Å². The summed E-state index contributed by atoms with van der Waals surface area (Å²) in [6, 6.07) is 0. The summed E-state index contributed by atoms with van der Waals surface area (Å²) in [5, 5.41) is 0.266. The van der Waals surface area contributed by atoms with Crippen molar-refractivity contribution in [2.75, 3.05) is 0 Å². The number of carbonyl (C=O) groups excluding carboxylic acids is 1. The Morgan fingerprint density at radius 1 is 1.31 bits per heavy atom. The standard InChI is InChI=1S/C13H28O2Si/c1-11(14)9-8-10-12(2)15-16(6,7)13(3,4)5/h12H,8-10H2,1-7H3/t12-/m0/s1. The summed E-state index contributed by atoms with van der Waals surface area (Å²) in [5.41, 5.74) is 0. The van der Waals surface area contributed by atoms with Crippen molar-refractivity contribution < 1.29 is 9.22 Å². The molecular formula is C13H28O2Si. The Balaban J connectivity index is 4.04. The highest BCUT2D eigenvalue weighted by Crippen LogP contribution is 2.37. The van der Waals surface area contributed by atoms with Crippen LogP contribution in [0, 0.1) is 0 Å². The smallest absolute Gasteiger partial charge is 0.192 e. The number of carbonyl (C=O) groups is 1. The lowest BCUT2D eigenvalue weighted by molar-refractivity contribution is -0.117. The van der Waals surface area contributed by atoms with E-state index in [0.29, 0.717) is 6.42 Å². The van der Waals surface area contributed by atoms with Crippen LogP contribution in [-0.4, -0.2) is 20.2 Å². The molecule has 0 heterocycles. The fraction of sp³-hybridized carbons (Fsp3) is 0.923. The average molecular weight is 244 g/mol. The molecule has 1 atom stereocenters. The molecule has 0 rings (SSSR count). The molecule has 0 radical (unpaired) electrons. The van der Waals surface area contributed by atoms with E-state index in [1.807, 2.05) is 0 Å². The molecule has 16 heavy (non-hydrogen) atoms. The highest BCUT2D eigenvalue weighted by Gasteiger charge is 2.38. The lowest BCUT2D eigenvalue weighted by atomic mass is 10.1. The predicted molar refractivity (Wildman–Crippen MR) is 72.3 cm³/mol. The van der Waals surface area contributed by atoms with Crippen LogP contribution in [0.15, 0.2) is 0 Å². The molecule has 0 aliphatic rings. The van der Waals surface area contributed by atoms with Crippen molar-refractivity contribution in [2.45, 2.75) is 78.1 Å². The molecule has 0 amide bonds. The second-order valence-electron chi connectivity index (χ2n) is 6.28. The summed E-state index contributed by atoms with van der Waals surface area (Å²) in [6.07, 6.45) is 2.91. The first-order valence-corrected chi connectivity index (χ1v) is 9.14. The molecule has 0 N–H and O–H groups in total. The largest absolute Gasteiger partial charge is 0.414 e. The predicted octanol–water partition coefficient (Wildman–Crippen LogP) is 4.16. The van der Waals surface area contributed by atoms with Gasteiger partial charge in [-0.05, 0) is 44.8 Å². The van der Waals surface area contributed by atoms with E-state index in [4.69, 9.17) is 4.43 Å². The molecule has 0 aliphatic carbocycles. The van der Waals surface area contributed by atoms with Crippen LogP contribution < -0.4 is 0 Å². The van der Waals surface area contributed by atoms with Crippen LogP contribution >= 0.6 is 0 Å². The maximum absolute atomic E-state index is 10.8. The molecule has 0 aliphatic heterocycles. The third kappa shape index (κ3) is 5.80. The van der Waals surface area contributed by atoms with Crippen LogP contribution in [0.3, 0.4) is 0 Å². The molecule has 0 spiro atoms.